The lowest BCUT2D eigenvalue weighted by Crippen LogP contribution is -2.42. The van der Waals surface area contributed by atoms with Crippen molar-refractivity contribution in [2.75, 3.05) is 19.6 Å². The fourth-order valence-electron chi connectivity index (χ4n) is 1.74. The van der Waals surface area contributed by atoms with E-state index >= 15 is 0 Å². The van der Waals surface area contributed by atoms with E-state index in [0.717, 1.165) is 25.2 Å². The summed E-state index contributed by atoms with van der Waals surface area (Å²) in [4.78, 5) is 10.2. The zero-order chi connectivity index (χ0) is 10.7. The molecule has 2 N–H and O–H groups in total. The Bertz CT molecular complexity index is 367. The van der Waals surface area contributed by atoms with Crippen molar-refractivity contribution >= 4 is 18.1 Å². The smallest absolute Gasteiger partial charge is 0.269 e. The van der Waals surface area contributed by atoms with Crippen molar-refractivity contribution in [3.8, 4) is 0 Å². The number of benzene rings is 1. The third-order valence-electron chi connectivity index (χ3n) is 2.52. The summed E-state index contributed by atoms with van der Waals surface area (Å²) in [5, 5.41) is 17.2. The lowest BCUT2D eigenvalue weighted by molar-refractivity contribution is -0.384. The largest absolute Gasteiger partial charge is 0.314 e. The van der Waals surface area contributed by atoms with Gasteiger partial charge in [-0.15, -0.1) is 12.4 Å². The number of hydrogen-bond acceptors (Lipinski definition) is 4. The van der Waals surface area contributed by atoms with Crippen molar-refractivity contribution in [3.05, 3.63) is 39.9 Å². The molecule has 1 saturated heterocycles. The third-order valence-corrected chi connectivity index (χ3v) is 2.52. The van der Waals surface area contributed by atoms with Crippen LogP contribution in [0.4, 0.5) is 5.69 Å². The first-order valence-electron chi connectivity index (χ1n) is 4.96. The van der Waals surface area contributed by atoms with Crippen molar-refractivity contribution in [3.63, 3.8) is 0 Å². The van der Waals surface area contributed by atoms with Gasteiger partial charge in [0.05, 0.1) is 4.92 Å². The molecule has 0 spiro atoms. The maximum Gasteiger partial charge on any atom is 0.269 e. The number of nitro benzene ring substituents is 1. The first kappa shape index (κ1) is 12.9. The van der Waals surface area contributed by atoms with Crippen LogP contribution in [0.2, 0.25) is 0 Å². The van der Waals surface area contributed by atoms with Crippen molar-refractivity contribution < 1.29 is 4.92 Å². The second-order valence-corrected chi connectivity index (χ2v) is 3.56. The zero-order valence-electron chi connectivity index (χ0n) is 8.68. The maximum atomic E-state index is 10.6. The standard InChI is InChI=1S/C10H13N3O2.ClH/c14-13(15)9-3-1-2-8(6-9)10-7-11-4-5-12-10;/h1-3,6,10-12H,4-5,7H2;1H. The van der Waals surface area contributed by atoms with E-state index in [-0.39, 0.29) is 29.1 Å². The topological polar surface area (TPSA) is 67.2 Å². The summed E-state index contributed by atoms with van der Waals surface area (Å²) in [5.74, 6) is 0. The summed E-state index contributed by atoms with van der Waals surface area (Å²) < 4.78 is 0. The highest BCUT2D eigenvalue weighted by Crippen LogP contribution is 2.19. The van der Waals surface area contributed by atoms with E-state index in [9.17, 15) is 10.1 Å². The molecule has 0 bridgehead atoms. The first-order valence-corrected chi connectivity index (χ1v) is 4.96. The Labute approximate surface area is 99.8 Å². The van der Waals surface area contributed by atoms with Crippen LogP contribution < -0.4 is 10.6 Å². The van der Waals surface area contributed by atoms with Crippen molar-refractivity contribution in [2.45, 2.75) is 6.04 Å². The number of non-ortho nitro benzene ring substituents is 1. The summed E-state index contributed by atoms with van der Waals surface area (Å²) in [6.45, 7) is 2.67. The monoisotopic (exact) mass is 243 g/mol. The molecule has 0 saturated carbocycles. The van der Waals surface area contributed by atoms with Crippen LogP contribution in [0.3, 0.4) is 0 Å². The van der Waals surface area contributed by atoms with E-state index in [1.54, 1.807) is 12.1 Å². The second kappa shape index (κ2) is 5.79. The normalized spacial score (nSPS) is 19.9. The van der Waals surface area contributed by atoms with Gasteiger partial charge in [0.2, 0.25) is 0 Å². The Kier molecular flexibility index (Phi) is 4.67. The molecule has 1 fully saturated rings. The number of hydrogen-bond donors (Lipinski definition) is 2. The Morgan fingerprint density at radius 1 is 1.38 bits per heavy atom. The van der Waals surface area contributed by atoms with Crippen molar-refractivity contribution in [1.29, 1.82) is 0 Å². The lowest BCUT2D eigenvalue weighted by atomic mass is 10.0. The Morgan fingerprint density at radius 3 is 2.81 bits per heavy atom. The minimum absolute atomic E-state index is 0. The first-order chi connectivity index (χ1) is 7.27. The van der Waals surface area contributed by atoms with Gasteiger partial charge in [-0.3, -0.25) is 10.1 Å². The Morgan fingerprint density at radius 2 is 2.19 bits per heavy atom. The van der Waals surface area contributed by atoms with Gasteiger partial charge >= 0.3 is 0 Å². The molecular formula is C10H14ClN3O2. The molecule has 0 amide bonds. The van der Waals surface area contributed by atoms with Gasteiger partial charge < -0.3 is 10.6 Å². The number of halogens is 1. The number of nitrogens with one attached hydrogen (secondary N) is 2. The second-order valence-electron chi connectivity index (χ2n) is 3.56. The highest BCUT2D eigenvalue weighted by atomic mass is 35.5. The molecule has 1 aromatic rings. The van der Waals surface area contributed by atoms with Crippen LogP contribution in [-0.2, 0) is 0 Å². The van der Waals surface area contributed by atoms with Crippen LogP contribution in [0.1, 0.15) is 11.6 Å². The predicted octanol–water partition coefficient (Wildman–Crippen LogP) is 1.25. The van der Waals surface area contributed by atoms with Crippen LogP contribution in [0.5, 0.6) is 0 Å². The molecule has 1 atom stereocenters. The van der Waals surface area contributed by atoms with Crippen LogP contribution >= 0.6 is 12.4 Å². The summed E-state index contributed by atoms with van der Waals surface area (Å²) >= 11 is 0. The van der Waals surface area contributed by atoms with Gasteiger partial charge in [-0.1, -0.05) is 12.1 Å². The van der Waals surface area contributed by atoms with Gasteiger partial charge in [-0.05, 0) is 5.56 Å². The zero-order valence-corrected chi connectivity index (χ0v) is 9.50. The molecule has 1 aliphatic heterocycles. The molecule has 0 aromatic heterocycles. The third kappa shape index (κ3) is 2.91. The van der Waals surface area contributed by atoms with Gasteiger partial charge in [0.25, 0.3) is 5.69 Å². The molecular weight excluding hydrogens is 230 g/mol. The van der Waals surface area contributed by atoms with E-state index < -0.39 is 0 Å². The number of nitrogens with zero attached hydrogens (tertiary/aromatic N) is 1. The molecule has 0 radical (unpaired) electrons. The fourth-order valence-corrected chi connectivity index (χ4v) is 1.74. The van der Waals surface area contributed by atoms with Gasteiger partial charge in [0.15, 0.2) is 0 Å². The molecule has 1 aromatic carbocycles. The summed E-state index contributed by atoms with van der Waals surface area (Å²) in [6, 6.07) is 6.96. The van der Waals surface area contributed by atoms with Crippen LogP contribution in [-0.4, -0.2) is 24.6 Å². The SMILES string of the molecule is Cl.O=[N+]([O-])c1cccc(C2CNCCN2)c1. The molecule has 1 unspecified atom stereocenters. The van der Waals surface area contributed by atoms with Crippen LogP contribution in [0.15, 0.2) is 24.3 Å². The van der Waals surface area contributed by atoms with E-state index in [4.69, 9.17) is 0 Å². The summed E-state index contributed by atoms with van der Waals surface area (Å²) in [7, 11) is 0. The average molecular weight is 244 g/mol. The van der Waals surface area contributed by atoms with Crippen molar-refractivity contribution in [1.82, 2.24) is 10.6 Å². The van der Waals surface area contributed by atoms with Gasteiger partial charge in [0, 0.05) is 37.8 Å². The minimum atomic E-state index is -0.361. The van der Waals surface area contributed by atoms with E-state index in [0.29, 0.717) is 0 Å². The van der Waals surface area contributed by atoms with Crippen LogP contribution in [0.25, 0.3) is 0 Å². The van der Waals surface area contributed by atoms with Gasteiger partial charge in [-0.2, -0.15) is 0 Å². The van der Waals surface area contributed by atoms with E-state index in [1.807, 2.05) is 6.07 Å². The fraction of sp³-hybridized carbons (Fsp3) is 0.400. The average Bonchev–Trinajstić information content (AvgIpc) is 2.30. The molecule has 5 nitrogen and oxygen atoms in total. The summed E-state index contributed by atoms with van der Waals surface area (Å²) in [5.41, 5.74) is 1.12. The van der Waals surface area contributed by atoms with E-state index in [1.165, 1.54) is 6.07 Å². The Hall–Kier alpha value is -1.17. The van der Waals surface area contributed by atoms with E-state index in [2.05, 4.69) is 10.6 Å². The highest BCUT2D eigenvalue weighted by molar-refractivity contribution is 5.85. The number of nitro groups is 1. The van der Waals surface area contributed by atoms with Crippen molar-refractivity contribution in [2.24, 2.45) is 0 Å². The number of piperazine rings is 1. The lowest BCUT2D eigenvalue weighted by Gasteiger charge is -2.24. The molecule has 0 aliphatic carbocycles. The highest BCUT2D eigenvalue weighted by Gasteiger charge is 2.16. The molecule has 16 heavy (non-hydrogen) atoms. The van der Waals surface area contributed by atoms with Gasteiger partial charge in [-0.25, -0.2) is 0 Å². The molecule has 2 rings (SSSR count). The summed E-state index contributed by atoms with van der Waals surface area (Å²) in [6.07, 6.45) is 0. The maximum absolute atomic E-state index is 10.6. The molecule has 88 valence electrons. The Balaban J connectivity index is 0.00000128. The van der Waals surface area contributed by atoms with Crippen LogP contribution in [0, 0.1) is 10.1 Å². The minimum Gasteiger partial charge on any atom is -0.314 e. The predicted molar refractivity (Wildman–Crippen MR) is 64.0 cm³/mol. The number of rotatable bonds is 2. The molecule has 1 heterocycles. The van der Waals surface area contributed by atoms with Gasteiger partial charge in [0.1, 0.15) is 0 Å². The quantitative estimate of drug-likeness (QED) is 0.606. The molecule has 6 heteroatoms. The molecule has 1 aliphatic rings.